The van der Waals surface area contributed by atoms with Crippen LogP contribution in [0.25, 0.3) is 22.3 Å². The summed E-state index contributed by atoms with van der Waals surface area (Å²) >= 11 is 0. The topological polar surface area (TPSA) is 175 Å². The Balaban J connectivity index is 0.744. The summed E-state index contributed by atoms with van der Waals surface area (Å²) in [6, 6.07) is 21.9. The summed E-state index contributed by atoms with van der Waals surface area (Å²) in [6.45, 7) is 4.53. The van der Waals surface area contributed by atoms with Gasteiger partial charge in [0.05, 0.1) is 28.6 Å². The van der Waals surface area contributed by atoms with E-state index in [2.05, 4.69) is 30.0 Å². The minimum absolute atomic E-state index is 0.142. The molecule has 4 saturated heterocycles. The van der Waals surface area contributed by atoms with Crippen molar-refractivity contribution in [3.05, 3.63) is 90.3 Å². The molecule has 0 aliphatic carbocycles. The average molecular weight is 801 g/mol. The SMILES string of the molecule is Nc1ncnc2c1c(-c1ccc(Oc3ccccc3)cc1)nn2C1CCN(C2CCN(C3CN(c4ccc5c(c4)C(=O)N(C4CCC(=O)NC4O)C5=O)C3)CC2)CC1F. The van der Waals surface area contributed by atoms with Crippen molar-refractivity contribution in [1.29, 1.82) is 0 Å². The molecule has 5 aromatic rings. The number of hydrogen-bond donors (Lipinski definition) is 3. The van der Waals surface area contributed by atoms with E-state index in [4.69, 9.17) is 15.6 Å². The highest BCUT2D eigenvalue weighted by atomic mass is 19.1. The van der Waals surface area contributed by atoms with Gasteiger partial charge in [-0.3, -0.25) is 29.1 Å². The number of fused-ring (bicyclic) bond motifs is 2. The minimum atomic E-state index is -1.28. The van der Waals surface area contributed by atoms with Crippen molar-refractivity contribution in [2.75, 3.05) is 49.9 Å². The van der Waals surface area contributed by atoms with E-state index in [1.54, 1.807) is 16.8 Å². The largest absolute Gasteiger partial charge is 0.457 e. The molecule has 15 nitrogen and oxygen atoms in total. The predicted octanol–water partition coefficient (Wildman–Crippen LogP) is 4.00. The van der Waals surface area contributed by atoms with Crippen molar-refractivity contribution in [2.24, 2.45) is 0 Å². The molecule has 2 aromatic heterocycles. The number of nitrogens with two attached hydrogens (primary N) is 1. The fourth-order valence-corrected chi connectivity index (χ4v) is 9.56. The molecule has 10 rings (SSSR count). The molecule has 4 N–H and O–H groups in total. The van der Waals surface area contributed by atoms with Crippen molar-refractivity contribution in [3.63, 3.8) is 0 Å². The summed E-state index contributed by atoms with van der Waals surface area (Å²) in [4.78, 5) is 55.1. The summed E-state index contributed by atoms with van der Waals surface area (Å²) in [5.41, 5.74) is 9.87. The molecular weight excluding hydrogens is 756 g/mol. The van der Waals surface area contributed by atoms with E-state index in [-0.39, 0.29) is 18.7 Å². The van der Waals surface area contributed by atoms with Gasteiger partial charge < -0.3 is 25.8 Å². The average Bonchev–Trinajstić information content (AvgIpc) is 3.73. The lowest BCUT2D eigenvalue weighted by Crippen LogP contribution is -2.62. The van der Waals surface area contributed by atoms with Crippen molar-refractivity contribution >= 4 is 40.3 Å². The maximum Gasteiger partial charge on any atom is 0.262 e. The number of carbonyl (C=O) groups is 3. The fraction of sp³-hybridized carbons (Fsp3) is 0.395. The van der Waals surface area contributed by atoms with Crippen LogP contribution in [0.4, 0.5) is 15.9 Å². The second kappa shape index (κ2) is 15.0. The lowest BCUT2D eigenvalue weighted by atomic mass is 9.94. The molecule has 0 saturated carbocycles. The fourth-order valence-electron chi connectivity index (χ4n) is 9.56. The molecule has 7 heterocycles. The van der Waals surface area contributed by atoms with E-state index in [1.807, 2.05) is 60.7 Å². The Bertz CT molecular complexity index is 2420. The van der Waals surface area contributed by atoms with Crippen molar-refractivity contribution < 1.29 is 28.6 Å². The maximum atomic E-state index is 16.3. The molecule has 59 heavy (non-hydrogen) atoms. The molecule has 3 aromatic carbocycles. The number of piperidine rings is 3. The van der Waals surface area contributed by atoms with Crippen LogP contribution in [-0.2, 0) is 4.79 Å². The Hall–Kier alpha value is -5.97. The van der Waals surface area contributed by atoms with Gasteiger partial charge in [0, 0.05) is 69.0 Å². The molecule has 0 radical (unpaired) electrons. The standard InChI is InChI=1S/C43H45FN10O5/c44-33-23-51(19-16-34(33)54-40-37(39(45)46-24-47-40)38(49-54)25-6-9-30(10-7-25)59-29-4-2-1-3-5-29)26-14-17-50(18-15-26)28-21-52(22-28)27-8-11-31-32(20-27)43(58)53(42(31)57)35-12-13-36(55)48-41(35)56/h1-11,20,24,26,28,33-35,41,56H,12-19,21-23H2,(H,48,55)(H2,45,46,47). The number of aromatic nitrogens is 4. The van der Waals surface area contributed by atoms with Crippen LogP contribution in [0.15, 0.2) is 79.1 Å². The second-order valence-electron chi connectivity index (χ2n) is 16.2. The quantitative estimate of drug-likeness (QED) is 0.193. The first-order valence-electron chi connectivity index (χ1n) is 20.4. The van der Waals surface area contributed by atoms with E-state index < -0.39 is 36.3 Å². The first kappa shape index (κ1) is 37.3. The number of amides is 3. The van der Waals surface area contributed by atoms with Gasteiger partial charge in [0.2, 0.25) is 5.91 Å². The number of nitrogens with one attached hydrogen (secondary N) is 1. The number of carbonyl (C=O) groups excluding carboxylic acids is 3. The van der Waals surface area contributed by atoms with Crippen LogP contribution in [0.2, 0.25) is 0 Å². The van der Waals surface area contributed by atoms with Gasteiger partial charge in [-0.25, -0.2) is 19.0 Å². The number of aliphatic hydroxyl groups is 1. The van der Waals surface area contributed by atoms with E-state index in [0.717, 1.165) is 67.5 Å². The highest BCUT2D eigenvalue weighted by Crippen LogP contribution is 2.38. The molecule has 3 amide bonds. The minimum Gasteiger partial charge on any atom is -0.457 e. The van der Waals surface area contributed by atoms with Gasteiger partial charge in [-0.15, -0.1) is 0 Å². The van der Waals surface area contributed by atoms with Crippen LogP contribution in [0, 0.1) is 0 Å². The first-order valence-corrected chi connectivity index (χ1v) is 20.4. The third-order valence-electron chi connectivity index (χ3n) is 12.8. The van der Waals surface area contributed by atoms with E-state index in [0.29, 0.717) is 64.5 Å². The van der Waals surface area contributed by atoms with Crippen LogP contribution >= 0.6 is 0 Å². The Morgan fingerprint density at radius 2 is 1.51 bits per heavy atom. The molecule has 5 aliphatic heterocycles. The van der Waals surface area contributed by atoms with Gasteiger partial charge in [-0.2, -0.15) is 5.10 Å². The van der Waals surface area contributed by atoms with Gasteiger partial charge in [0.1, 0.15) is 41.7 Å². The molecule has 4 unspecified atom stereocenters. The number of ether oxygens (including phenoxy) is 1. The van der Waals surface area contributed by atoms with Crippen molar-refractivity contribution in [3.8, 4) is 22.8 Å². The number of alkyl halides is 1. The Morgan fingerprint density at radius 1 is 0.780 bits per heavy atom. The first-order chi connectivity index (χ1) is 28.7. The number of anilines is 2. The van der Waals surface area contributed by atoms with Gasteiger partial charge in [-0.1, -0.05) is 18.2 Å². The number of imide groups is 1. The van der Waals surface area contributed by atoms with E-state index in [9.17, 15) is 19.5 Å². The lowest BCUT2D eigenvalue weighted by Gasteiger charge is -2.50. The number of likely N-dealkylation sites (tertiary alicyclic amines) is 2. The van der Waals surface area contributed by atoms with Crippen LogP contribution in [0.1, 0.15) is 58.9 Å². The number of halogens is 1. The molecule has 16 heteroatoms. The van der Waals surface area contributed by atoms with E-state index in [1.165, 1.54) is 6.33 Å². The molecule has 4 fully saturated rings. The van der Waals surface area contributed by atoms with Crippen molar-refractivity contribution in [2.45, 2.75) is 68.7 Å². The summed E-state index contributed by atoms with van der Waals surface area (Å²) in [7, 11) is 0. The number of rotatable bonds is 8. The highest BCUT2D eigenvalue weighted by molar-refractivity contribution is 6.22. The maximum absolute atomic E-state index is 16.3. The highest BCUT2D eigenvalue weighted by Gasteiger charge is 2.45. The number of hydrogen-bond acceptors (Lipinski definition) is 12. The summed E-state index contributed by atoms with van der Waals surface area (Å²) in [5.74, 6) is 0.537. The van der Waals surface area contributed by atoms with Gasteiger partial charge >= 0.3 is 0 Å². The number of benzene rings is 3. The Kier molecular flexibility index (Phi) is 9.49. The van der Waals surface area contributed by atoms with Crippen LogP contribution in [0.3, 0.4) is 0 Å². The number of nitrogens with zero attached hydrogens (tertiary/aromatic N) is 8. The normalized spacial score (nSPS) is 24.7. The van der Waals surface area contributed by atoms with Gasteiger partial charge in [0.15, 0.2) is 5.65 Å². The Labute approximate surface area is 339 Å². The summed E-state index contributed by atoms with van der Waals surface area (Å²) < 4.78 is 24.0. The summed E-state index contributed by atoms with van der Waals surface area (Å²) in [5, 5.41) is 18.4. The van der Waals surface area contributed by atoms with Crippen molar-refractivity contribution in [1.82, 2.24) is 39.8 Å². The summed E-state index contributed by atoms with van der Waals surface area (Å²) in [6.07, 6.45) is 1.84. The zero-order chi connectivity index (χ0) is 40.4. The molecule has 4 atom stereocenters. The molecule has 5 aliphatic rings. The monoisotopic (exact) mass is 800 g/mol. The smallest absolute Gasteiger partial charge is 0.262 e. The second-order valence-corrected chi connectivity index (χ2v) is 16.2. The van der Waals surface area contributed by atoms with E-state index >= 15 is 4.39 Å². The molecular formula is C43H45FN10O5. The number of nitrogen functional groups attached to an aromatic ring is 1. The third-order valence-corrected chi connectivity index (χ3v) is 12.8. The predicted molar refractivity (Wildman–Crippen MR) is 217 cm³/mol. The molecule has 304 valence electrons. The Morgan fingerprint density at radius 3 is 2.25 bits per heavy atom. The van der Waals surface area contributed by atoms with Gasteiger partial charge in [0.25, 0.3) is 11.8 Å². The zero-order valence-corrected chi connectivity index (χ0v) is 32.4. The molecule has 0 bridgehead atoms. The number of para-hydroxylation sites is 1. The van der Waals surface area contributed by atoms with Crippen LogP contribution in [-0.4, -0.2) is 127 Å². The van der Waals surface area contributed by atoms with Gasteiger partial charge in [-0.05, 0) is 80.3 Å². The third kappa shape index (κ3) is 6.74. The number of aliphatic hydroxyl groups excluding tert-OH is 1. The van der Waals surface area contributed by atoms with Crippen LogP contribution < -0.4 is 20.7 Å². The zero-order valence-electron chi connectivity index (χ0n) is 32.4. The van der Waals surface area contributed by atoms with Crippen LogP contribution in [0.5, 0.6) is 11.5 Å². The molecule has 0 spiro atoms. The lowest BCUT2D eigenvalue weighted by molar-refractivity contribution is -0.129.